The van der Waals surface area contributed by atoms with E-state index in [9.17, 15) is 18.0 Å². The maximum absolute atomic E-state index is 13.5. The summed E-state index contributed by atoms with van der Waals surface area (Å²) in [5.74, 6) is 0.237. The number of ether oxygens (including phenoxy) is 1. The van der Waals surface area contributed by atoms with Crippen molar-refractivity contribution in [3.63, 3.8) is 0 Å². The molecule has 1 aliphatic heterocycles. The van der Waals surface area contributed by atoms with Gasteiger partial charge in [-0.05, 0) is 69.3 Å². The topological polar surface area (TPSA) is 96.0 Å². The second-order valence-corrected chi connectivity index (χ2v) is 12.4. The summed E-state index contributed by atoms with van der Waals surface area (Å²) in [4.78, 5) is 28.3. The number of amides is 2. The number of nitrogens with zero attached hydrogens (tertiary/aromatic N) is 2. The van der Waals surface area contributed by atoms with E-state index in [0.29, 0.717) is 22.8 Å². The molecule has 0 fully saturated rings. The van der Waals surface area contributed by atoms with Crippen LogP contribution >= 0.6 is 0 Å². The normalized spacial score (nSPS) is 14.8. The molecule has 3 aromatic carbocycles. The van der Waals surface area contributed by atoms with Crippen molar-refractivity contribution in [1.29, 1.82) is 0 Å². The fourth-order valence-corrected chi connectivity index (χ4v) is 6.45. The predicted molar refractivity (Wildman–Crippen MR) is 149 cm³/mol. The van der Waals surface area contributed by atoms with Gasteiger partial charge in [0, 0.05) is 30.4 Å². The molecule has 1 atom stereocenters. The summed E-state index contributed by atoms with van der Waals surface area (Å²) >= 11 is 0. The zero-order valence-corrected chi connectivity index (χ0v) is 23.3. The molecule has 1 N–H and O–H groups in total. The first kappa shape index (κ1) is 27.4. The second kappa shape index (κ2) is 10.6. The monoisotopic (exact) mass is 537 g/mol. The number of hydrogen-bond acceptors (Lipinski definition) is 5. The van der Waals surface area contributed by atoms with Gasteiger partial charge in [0.2, 0.25) is 11.8 Å². The Kier molecular flexibility index (Phi) is 7.69. The average Bonchev–Trinajstić information content (AvgIpc) is 3.09. The summed E-state index contributed by atoms with van der Waals surface area (Å²) in [7, 11) is -2.10. The van der Waals surface area contributed by atoms with Crippen molar-refractivity contribution >= 4 is 38.3 Å². The van der Waals surface area contributed by atoms with Crippen LogP contribution in [-0.2, 0) is 26.2 Å². The highest BCUT2D eigenvalue weighted by Crippen LogP contribution is 2.42. The molecular formula is C29H35N3O5S. The molecule has 0 spiro atoms. The van der Waals surface area contributed by atoms with Crippen LogP contribution in [0.3, 0.4) is 0 Å². The minimum Gasteiger partial charge on any atom is -0.497 e. The number of methoxy groups -OCH3 is 1. The molecule has 8 nitrogen and oxygen atoms in total. The Bertz CT molecular complexity index is 1440. The van der Waals surface area contributed by atoms with Gasteiger partial charge in [-0.2, -0.15) is 0 Å². The summed E-state index contributed by atoms with van der Waals surface area (Å²) in [5, 5.41) is 4.54. The fraction of sp³-hybridized carbons (Fsp3) is 0.379. The summed E-state index contributed by atoms with van der Waals surface area (Å²) in [6, 6.07) is 17.4. The molecule has 4 rings (SSSR count). The van der Waals surface area contributed by atoms with Crippen molar-refractivity contribution < 1.29 is 22.7 Å². The van der Waals surface area contributed by atoms with Crippen molar-refractivity contribution in [2.45, 2.75) is 63.6 Å². The van der Waals surface area contributed by atoms with Crippen molar-refractivity contribution in [2.75, 3.05) is 18.0 Å². The lowest BCUT2D eigenvalue weighted by molar-refractivity contribution is -0.141. The van der Waals surface area contributed by atoms with E-state index < -0.39 is 21.6 Å². The van der Waals surface area contributed by atoms with Gasteiger partial charge < -0.3 is 15.0 Å². The standard InChI is InChI=1S/C29H35N3O5S/c1-20(28(34)30-29(2,3)4)31(19-21-14-16-23(37-5)17-15-21)26(33)13-8-18-32-24-11-6-9-22-10-7-12-25(27(22)24)38(32,35)36/h6-7,9-12,14-17,20H,8,13,18-19H2,1-5H3,(H,30,34)/t20-/m1/s1. The van der Waals surface area contributed by atoms with Crippen LogP contribution in [0.5, 0.6) is 5.75 Å². The summed E-state index contributed by atoms with van der Waals surface area (Å²) in [6.07, 6.45) is 0.413. The van der Waals surface area contributed by atoms with Gasteiger partial charge in [0.15, 0.2) is 0 Å². The minimum atomic E-state index is -3.69. The number of hydrogen-bond donors (Lipinski definition) is 1. The van der Waals surface area contributed by atoms with Crippen LogP contribution in [0.2, 0.25) is 0 Å². The third-order valence-electron chi connectivity index (χ3n) is 6.61. The zero-order valence-electron chi connectivity index (χ0n) is 22.5. The Labute approximate surface area is 224 Å². The van der Waals surface area contributed by atoms with Gasteiger partial charge in [0.25, 0.3) is 10.0 Å². The van der Waals surface area contributed by atoms with E-state index in [2.05, 4.69) is 5.32 Å². The molecule has 0 unspecified atom stereocenters. The molecule has 0 saturated carbocycles. The van der Waals surface area contributed by atoms with Crippen molar-refractivity contribution in [3.8, 4) is 5.75 Å². The van der Waals surface area contributed by atoms with E-state index >= 15 is 0 Å². The summed E-state index contributed by atoms with van der Waals surface area (Å²) in [5.41, 5.74) is 1.05. The molecule has 9 heteroatoms. The quantitative estimate of drug-likeness (QED) is 0.435. The number of carbonyl (C=O) groups excluding carboxylic acids is 2. The van der Waals surface area contributed by atoms with E-state index in [-0.39, 0.29) is 31.3 Å². The highest BCUT2D eigenvalue weighted by atomic mass is 32.2. The van der Waals surface area contributed by atoms with E-state index in [4.69, 9.17) is 4.74 Å². The molecule has 1 aliphatic rings. The number of rotatable bonds is 9. The molecule has 38 heavy (non-hydrogen) atoms. The Morgan fingerprint density at radius 1 is 1.03 bits per heavy atom. The van der Waals surface area contributed by atoms with Crippen molar-refractivity contribution in [2.24, 2.45) is 0 Å². The number of sulfonamides is 1. The van der Waals surface area contributed by atoms with Crippen molar-refractivity contribution in [3.05, 3.63) is 66.2 Å². The Morgan fingerprint density at radius 3 is 2.32 bits per heavy atom. The molecule has 202 valence electrons. The van der Waals surface area contributed by atoms with Crippen LogP contribution < -0.4 is 14.4 Å². The molecule has 3 aromatic rings. The molecular weight excluding hydrogens is 502 g/mol. The Hall–Kier alpha value is -3.59. The first-order chi connectivity index (χ1) is 17.9. The largest absolute Gasteiger partial charge is 0.497 e. The number of carbonyl (C=O) groups is 2. The summed E-state index contributed by atoms with van der Waals surface area (Å²) < 4.78 is 33.1. The maximum atomic E-state index is 13.5. The molecule has 0 aliphatic carbocycles. The van der Waals surface area contributed by atoms with Crippen LogP contribution in [0.25, 0.3) is 10.8 Å². The number of benzene rings is 3. The van der Waals surface area contributed by atoms with Crippen LogP contribution in [0.15, 0.2) is 65.6 Å². The maximum Gasteiger partial charge on any atom is 0.265 e. The first-order valence-electron chi connectivity index (χ1n) is 12.7. The molecule has 0 aromatic heterocycles. The van der Waals surface area contributed by atoms with E-state index in [0.717, 1.165) is 16.3 Å². The van der Waals surface area contributed by atoms with E-state index in [1.807, 2.05) is 63.2 Å². The lowest BCUT2D eigenvalue weighted by Crippen LogP contribution is -2.52. The molecule has 0 radical (unpaired) electrons. The average molecular weight is 538 g/mol. The van der Waals surface area contributed by atoms with Crippen molar-refractivity contribution in [1.82, 2.24) is 10.2 Å². The van der Waals surface area contributed by atoms with Gasteiger partial charge in [-0.1, -0.05) is 36.4 Å². The third kappa shape index (κ3) is 5.62. The van der Waals surface area contributed by atoms with Gasteiger partial charge in [-0.25, -0.2) is 8.42 Å². The minimum absolute atomic E-state index is 0.0988. The van der Waals surface area contributed by atoms with Crippen LogP contribution in [0.4, 0.5) is 5.69 Å². The number of nitrogens with one attached hydrogen (secondary N) is 1. The van der Waals surface area contributed by atoms with Crippen LogP contribution in [-0.4, -0.2) is 50.4 Å². The fourth-order valence-electron chi connectivity index (χ4n) is 4.70. The lowest BCUT2D eigenvalue weighted by atomic mass is 10.1. The Balaban J connectivity index is 1.50. The smallest absolute Gasteiger partial charge is 0.265 e. The zero-order chi connectivity index (χ0) is 27.7. The lowest BCUT2D eigenvalue weighted by Gasteiger charge is -2.31. The molecule has 0 saturated heterocycles. The van der Waals surface area contributed by atoms with E-state index in [1.165, 1.54) is 4.31 Å². The third-order valence-corrected chi connectivity index (χ3v) is 8.47. The predicted octanol–water partition coefficient (Wildman–Crippen LogP) is 4.47. The van der Waals surface area contributed by atoms with E-state index in [1.54, 1.807) is 37.1 Å². The SMILES string of the molecule is COc1ccc(CN(C(=O)CCCN2c3cccc4cccc(c34)S2(=O)=O)[C@H](C)C(=O)NC(C)(C)C)cc1. The first-order valence-corrected chi connectivity index (χ1v) is 14.2. The van der Waals surface area contributed by atoms with Gasteiger partial charge in [0.05, 0.1) is 17.7 Å². The van der Waals surface area contributed by atoms with Crippen LogP contribution in [0, 0.1) is 0 Å². The second-order valence-electron chi connectivity index (χ2n) is 10.6. The molecule has 0 bridgehead atoms. The Morgan fingerprint density at radius 2 is 1.68 bits per heavy atom. The number of anilines is 1. The van der Waals surface area contributed by atoms with Gasteiger partial charge >= 0.3 is 0 Å². The highest BCUT2D eigenvalue weighted by Gasteiger charge is 2.35. The summed E-state index contributed by atoms with van der Waals surface area (Å²) in [6.45, 7) is 7.80. The molecule has 2 amide bonds. The highest BCUT2D eigenvalue weighted by molar-refractivity contribution is 7.93. The van der Waals surface area contributed by atoms with Gasteiger partial charge in [-0.15, -0.1) is 0 Å². The van der Waals surface area contributed by atoms with Gasteiger partial charge in [-0.3, -0.25) is 13.9 Å². The molecule has 1 heterocycles. The van der Waals surface area contributed by atoms with Crippen LogP contribution in [0.1, 0.15) is 46.1 Å². The van der Waals surface area contributed by atoms with Gasteiger partial charge in [0.1, 0.15) is 11.8 Å².